The quantitative estimate of drug-likeness (QED) is 0.612. The van der Waals surface area contributed by atoms with E-state index in [0.29, 0.717) is 0 Å². The number of sulfonamides is 1. The van der Waals surface area contributed by atoms with Crippen molar-refractivity contribution in [1.29, 1.82) is 0 Å². The molecule has 88 valence electrons. The highest BCUT2D eigenvalue weighted by Gasteiger charge is 2.37. The van der Waals surface area contributed by atoms with Crippen LogP contribution in [0.1, 0.15) is 6.42 Å². The first-order valence-electron chi connectivity index (χ1n) is 4.14. The van der Waals surface area contributed by atoms with Crippen LogP contribution in [0.2, 0.25) is 0 Å². The zero-order valence-corrected chi connectivity index (χ0v) is 9.34. The summed E-state index contributed by atoms with van der Waals surface area (Å²) >= 11 is 0. The summed E-state index contributed by atoms with van der Waals surface area (Å²) < 4.78 is 46.7. The van der Waals surface area contributed by atoms with E-state index >= 15 is 0 Å². The highest BCUT2D eigenvalue weighted by Crippen LogP contribution is 2.17. The summed E-state index contributed by atoms with van der Waals surface area (Å²) in [5, 5.41) is 7.25. The second kappa shape index (κ2) is 4.06. The molecule has 0 aromatic rings. The van der Waals surface area contributed by atoms with E-state index in [1.165, 1.54) is 0 Å². The molecule has 7 nitrogen and oxygen atoms in total. The molecule has 1 fully saturated rings. The number of hydrogen-bond acceptors (Lipinski definition) is 5. The molecule has 0 aromatic carbocycles. The summed E-state index contributed by atoms with van der Waals surface area (Å²) in [6, 6.07) is 0. The maximum atomic E-state index is 11.4. The largest absolute Gasteiger partial charge is 0.480 e. The lowest BCUT2D eigenvalue weighted by atomic mass is 10.4. The van der Waals surface area contributed by atoms with Crippen LogP contribution in [0, 0.1) is 0 Å². The molecule has 0 aliphatic carbocycles. The smallest absolute Gasteiger partial charge is 0.318 e. The summed E-state index contributed by atoms with van der Waals surface area (Å²) in [5.74, 6) is -1.90. The van der Waals surface area contributed by atoms with Crippen LogP contribution in [0.3, 0.4) is 0 Å². The number of rotatable bonds is 4. The molecule has 1 atom stereocenters. The monoisotopic (exact) mass is 257 g/mol. The molecule has 0 amide bonds. The minimum absolute atomic E-state index is 0.0251. The first-order valence-corrected chi connectivity index (χ1v) is 7.50. The third-order valence-corrected chi connectivity index (χ3v) is 5.86. The van der Waals surface area contributed by atoms with Crippen molar-refractivity contribution < 1.29 is 26.7 Å². The average Bonchev–Trinajstić information content (AvgIpc) is 2.43. The fourth-order valence-corrected chi connectivity index (χ4v) is 5.31. The predicted octanol–water partition coefficient (Wildman–Crippen LogP) is -1.82. The van der Waals surface area contributed by atoms with Crippen molar-refractivity contribution in [1.82, 2.24) is 4.72 Å². The molecule has 0 spiro atoms. The van der Waals surface area contributed by atoms with Gasteiger partial charge in [0.1, 0.15) is 6.54 Å². The zero-order chi connectivity index (χ0) is 11.7. The van der Waals surface area contributed by atoms with Gasteiger partial charge < -0.3 is 5.11 Å². The van der Waals surface area contributed by atoms with Crippen LogP contribution in [0.5, 0.6) is 0 Å². The number of carboxylic acids is 1. The molecule has 0 radical (unpaired) electrons. The molecule has 1 heterocycles. The number of carbonyl (C=O) groups is 1. The van der Waals surface area contributed by atoms with Crippen LogP contribution in [0.15, 0.2) is 0 Å². The number of carboxylic acid groups (broad SMARTS) is 1. The fourth-order valence-electron chi connectivity index (χ4n) is 1.29. The van der Waals surface area contributed by atoms with E-state index < -0.39 is 43.4 Å². The van der Waals surface area contributed by atoms with E-state index in [1.54, 1.807) is 0 Å². The Morgan fingerprint density at radius 1 is 1.47 bits per heavy atom. The van der Waals surface area contributed by atoms with Crippen LogP contribution < -0.4 is 4.72 Å². The van der Waals surface area contributed by atoms with Crippen molar-refractivity contribution in [3.8, 4) is 0 Å². The van der Waals surface area contributed by atoms with Gasteiger partial charge in [-0.25, -0.2) is 21.6 Å². The molecule has 9 heteroatoms. The molecule has 0 aromatic heterocycles. The second-order valence-electron chi connectivity index (χ2n) is 3.28. The molecule has 15 heavy (non-hydrogen) atoms. The van der Waals surface area contributed by atoms with Crippen LogP contribution >= 0.6 is 0 Å². The SMILES string of the molecule is O=C(O)CNS(=O)(=O)[C@@H]1CCS(=O)(=O)C1. The van der Waals surface area contributed by atoms with Gasteiger partial charge in [0.2, 0.25) is 10.0 Å². The highest BCUT2D eigenvalue weighted by atomic mass is 32.2. The Hall–Kier alpha value is -0.670. The topological polar surface area (TPSA) is 118 Å². The maximum absolute atomic E-state index is 11.4. The molecule has 0 bridgehead atoms. The Bertz CT molecular complexity index is 450. The van der Waals surface area contributed by atoms with E-state index in [1.807, 2.05) is 4.72 Å². The lowest BCUT2D eigenvalue weighted by Crippen LogP contribution is -2.37. The molecule has 2 N–H and O–H groups in total. The maximum Gasteiger partial charge on any atom is 0.318 e. The Morgan fingerprint density at radius 2 is 2.07 bits per heavy atom. The minimum atomic E-state index is -3.84. The highest BCUT2D eigenvalue weighted by molar-refractivity contribution is 7.95. The predicted molar refractivity (Wildman–Crippen MR) is 51.6 cm³/mol. The summed E-state index contributed by atoms with van der Waals surface area (Å²) in [5.41, 5.74) is 0. The standard InChI is InChI=1S/C6H11NO6S2/c8-6(9)3-7-15(12,13)5-1-2-14(10,11)4-5/h5,7H,1-4H2,(H,8,9)/t5-/m1/s1. The van der Waals surface area contributed by atoms with Crippen molar-refractivity contribution >= 4 is 25.8 Å². The van der Waals surface area contributed by atoms with Crippen molar-refractivity contribution in [2.24, 2.45) is 0 Å². The van der Waals surface area contributed by atoms with E-state index in [0.717, 1.165) is 0 Å². The first kappa shape index (κ1) is 12.4. The lowest BCUT2D eigenvalue weighted by molar-refractivity contribution is -0.135. The molecule has 1 rings (SSSR count). The van der Waals surface area contributed by atoms with Crippen LogP contribution in [-0.4, -0.2) is 51.2 Å². The molecular weight excluding hydrogens is 246 g/mol. The Morgan fingerprint density at radius 3 is 2.47 bits per heavy atom. The van der Waals surface area contributed by atoms with Gasteiger partial charge >= 0.3 is 5.97 Å². The molecular formula is C6H11NO6S2. The van der Waals surface area contributed by atoms with Gasteiger partial charge in [-0.2, -0.15) is 0 Å². The van der Waals surface area contributed by atoms with Crippen molar-refractivity contribution in [2.45, 2.75) is 11.7 Å². The summed E-state index contributed by atoms with van der Waals surface area (Å²) in [4.78, 5) is 10.1. The third kappa shape index (κ3) is 3.43. The number of aliphatic carboxylic acids is 1. The lowest BCUT2D eigenvalue weighted by Gasteiger charge is -2.09. The molecule has 0 saturated carbocycles. The van der Waals surface area contributed by atoms with Gasteiger partial charge in [0.05, 0.1) is 16.8 Å². The van der Waals surface area contributed by atoms with Gasteiger partial charge in [-0.1, -0.05) is 0 Å². The van der Waals surface area contributed by atoms with Gasteiger partial charge in [-0.05, 0) is 6.42 Å². The minimum Gasteiger partial charge on any atom is -0.480 e. The summed E-state index contributed by atoms with van der Waals surface area (Å²) in [7, 11) is -7.12. The number of nitrogens with one attached hydrogen (secondary N) is 1. The van der Waals surface area contributed by atoms with E-state index in [-0.39, 0.29) is 12.2 Å². The molecule has 1 aliphatic rings. The normalized spacial score (nSPS) is 25.2. The second-order valence-corrected chi connectivity index (χ2v) is 7.56. The fraction of sp³-hybridized carbons (Fsp3) is 0.833. The first-order chi connectivity index (χ1) is 6.73. The van der Waals surface area contributed by atoms with Gasteiger partial charge in [0.25, 0.3) is 0 Å². The van der Waals surface area contributed by atoms with Crippen molar-refractivity contribution in [3.05, 3.63) is 0 Å². The van der Waals surface area contributed by atoms with Crippen LogP contribution in [-0.2, 0) is 24.7 Å². The Labute approximate surface area is 87.4 Å². The number of hydrogen-bond donors (Lipinski definition) is 2. The molecule has 1 aliphatic heterocycles. The summed E-state index contributed by atoms with van der Waals surface area (Å²) in [6.45, 7) is -0.723. The third-order valence-electron chi connectivity index (χ3n) is 2.05. The average molecular weight is 257 g/mol. The van der Waals surface area contributed by atoms with Crippen LogP contribution in [0.4, 0.5) is 0 Å². The summed E-state index contributed by atoms with van der Waals surface area (Å²) in [6.07, 6.45) is 0.0251. The van der Waals surface area contributed by atoms with Gasteiger partial charge in [0.15, 0.2) is 9.84 Å². The zero-order valence-electron chi connectivity index (χ0n) is 7.71. The van der Waals surface area contributed by atoms with Crippen molar-refractivity contribution in [2.75, 3.05) is 18.1 Å². The van der Waals surface area contributed by atoms with Crippen LogP contribution in [0.25, 0.3) is 0 Å². The van der Waals surface area contributed by atoms with E-state index in [4.69, 9.17) is 5.11 Å². The van der Waals surface area contributed by atoms with Gasteiger partial charge in [-0.3, -0.25) is 4.79 Å². The van der Waals surface area contributed by atoms with E-state index in [9.17, 15) is 21.6 Å². The van der Waals surface area contributed by atoms with Gasteiger partial charge in [-0.15, -0.1) is 0 Å². The Kier molecular flexibility index (Phi) is 3.36. The number of sulfone groups is 1. The van der Waals surface area contributed by atoms with Crippen molar-refractivity contribution in [3.63, 3.8) is 0 Å². The Balaban J connectivity index is 2.68. The van der Waals surface area contributed by atoms with Gasteiger partial charge in [0, 0.05) is 0 Å². The van der Waals surface area contributed by atoms with E-state index in [2.05, 4.69) is 0 Å². The molecule has 0 unspecified atom stereocenters. The molecule has 1 saturated heterocycles.